The Morgan fingerprint density at radius 2 is 1.47 bits per heavy atom. The fourth-order valence-corrected chi connectivity index (χ4v) is 1.88. The SMILES string of the molecule is CC(C)(C)C1OCC2(COCOC2)CO1. The summed E-state index contributed by atoms with van der Waals surface area (Å²) in [5.74, 6) is 0. The highest BCUT2D eigenvalue weighted by Crippen LogP contribution is 2.34. The molecule has 2 rings (SSSR count). The molecule has 2 aliphatic rings. The van der Waals surface area contributed by atoms with Crippen LogP contribution in [0.1, 0.15) is 20.8 Å². The molecule has 0 aromatic carbocycles. The van der Waals surface area contributed by atoms with Crippen molar-refractivity contribution in [2.45, 2.75) is 27.1 Å². The second-order valence-corrected chi connectivity index (χ2v) is 5.63. The Bertz CT molecular complexity index is 205. The van der Waals surface area contributed by atoms with Gasteiger partial charge in [-0.05, 0) is 0 Å². The molecule has 0 atom stereocenters. The van der Waals surface area contributed by atoms with E-state index in [2.05, 4.69) is 20.8 Å². The van der Waals surface area contributed by atoms with E-state index in [1.54, 1.807) is 0 Å². The monoisotopic (exact) mass is 216 g/mol. The summed E-state index contributed by atoms with van der Waals surface area (Å²) in [4.78, 5) is 0. The molecule has 0 radical (unpaired) electrons. The zero-order chi connectivity index (χ0) is 10.9. The van der Waals surface area contributed by atoms with Crippen LogP contribution in [-0.4, -0.2) is 39.5 Å². The van der Waals surface area contributed by atoms with E-state index < -0.39 is 0 Å². The van der Waals surface area contributed by atoms with Gasteiger partial charge in [-0.3, -0.25) is 0 Å². The van der Waals surface area contributed by atoms with Gasteiger partial charge >= 0.3 is 0 Å². The Labute approximate surface area is 90.8 Å². The van der Waals surface area contributed by atoms with Crippen LogP contribution in [0.15, 0.2) is 0 Å². The lowest BCUT2D eigenvalue weighted by atomic mass is 9.89. The molecule has 0 saturated carbocycles. The minimum Gasteiger partial charge on any atom is -0.355 e. The molecule has 2 aliphatic heterocycles. The number of hydrogen-bond donors (Lipinski definition) is 0. The van der Waals surface area contributed by atoms with Crippen molar-refractivity contribution >= 4 is 0 Å². The minimum absolute atomic E-state index is 0.0258. The van der Waals surface area contributed by atoms with E-state index in [1.807, 2.05) is 0 Å². The van der Waals surface area contributed by atoms with E-state index in [9.17, 15) is 0 Å². The summed E-state index contributed by atoms with van der Waals surface area (Å²) in [7, 11) is 0. The minimum atomic E-state index is -0.120. The lowest BCUT2D eigenvalue weighted by molar-refractivity contribution is -0.301. The van der Waals surface area contributed by atoms with Crippen molar-refractivity contribution in [3.8, 4) is 0 Å². The maximum absolute atomic E-state index is 5.75. The summed E-state index contributed by atoms with van der Waals surface area (Å²) in [5, 5.41) is 0. The maximum atomic E-state index is 5.75. The van der Waals surface area contributed by atoms with Gasteiger partial charge in [-0.1, -0.05) is 20.8 Å². The van der Waals surface area contributed by atoms with Crippen molar-refractivity contribution in [2.24, 2.45) is 10.8 Å². The van der Waals surface area contributed by atoms with Gasteiger partial charge in [0.2, 0.25) is 0 Å². The van der Waals surface area contributed by atoms with Crippen LogP contribution in [0.4, 0.5) is 0 Å². The van der Waals surface area contributed by atoms with Crippen molar-refractivity contribution in [1.29, 1.82) is 0 Å². The van der Waals surface area contributed by atoms with Crippen LogP contribution in [0.2, 0.25) is 0 Å². The van der Waals surface area contributed by atoms with Crippen molar-refractivity contribution in [3.63, 3.8) is 0 Å². The summed E-state index contributed by atoms with van der Waals surface area (Å²) < 4.78 is 22.1. The predicted molar refractivity (Wildman–Crippen MR) is 54.4 cm³/mol. The molecule has 2 saturated heterocycles. The van der Waals surface area contributed by atoms with Gasteiger partial charge < -0.3 is 18.9 Å². The Kier molecular flexibility index (Phi) is 3.03. The number of ether oxygens (including phenoxy) is 4. The smallest absolute Gasteiger partial charge is 0.162 e. The van der Waals surface area contributed by atoms with Gasteiger partial charge in [-0.2, -0.15) is 0 Å². The topological polar surface area (TPSA) is 36.9 Å². The van der Waals surface area contributed by atoms with Crippen LogP contribution in [0.3, 0.4) is 0 Å². The van der Waals surface area contributed by atoms with Crippen molar-refractivity contribution in [2.75, 3.05) is 33.2 Å². The molecule has 0 aromatic heterocycles. The van der Waals surface area contributed by atoms with Gasteiger partial charge in [-0.25, -0.2) is 0 Å². The molecule has 88 valence electrons. The first-order valence-electron chi connectivity index (χ1n) is 5.41. The third-order valence-electron chi connectivity index (χ3n) is 2.77. The fraction of sp³-hybridized carbons (Fsp3) is 1.00. The predicted octanol–water partition coefficient (Wildman–Crippen LogP) is 1.40. The van der Waals surface area contributed by atoms with E-state index in [0.717, 1.165) is 0 Å². The van der Waals surface area contributed by atoms with E-state index in [-0.39, 0.29) is 17.1 Å². The molecule has 15 heavy (non-hydrogen) atoms. The first-order valence-corrected chi connectivity index (χ1v) is 5.41. The molecule has 0 amide bonds. The summed E-state index contributed by atoms with van der Waals surface area (Å²) in [5.41, 5.74) is -0.0575. The Morgan fingerprint density at radius 3 is 1.93 bits per heavy atom. The second kappa shape index (κ2) is 4.01. The van der Waals surface area contributed by atoms with Crippen LogP contribution < -0.4 is 0 Å². The average molecular weight is 216 g/mol. The summed E-state index contributed by atoms with van der Waals surface area (Å²) in [6, 6.07) is 0. The first kappa shape index (κ1) is 11.3. The molecule has 0 N–H and O–H groups in total. The van der Waals surface area contributed by atoms with Gasteiger partial charge in [-0.15, -0.1) is 0 Å². The molecular weight excluding hydrogens is 196 g/mol. The van der Waals surface area contributed by atoms with Crippen molar-refractivity contribution in [1.82, 2.24) is 0 Å². The van der Waals surface area contributed by atoms with Gasteiger partial charge in [0, 0.05) is 5.41 Å². The van der Waals surface area contributed by atoms with Crippen LogP contribution in [0.5, 0.6) is 0 Å². The van der Waals surface area contributed by atoms with Gasteiger partial charge in [0.05, 0.1) is 31.8 Å². The lowest BCUT2D eigenvalue weighted by Gasteiger charge is -2.44. The Balaban J connectivity index is 1.91. The van der Waals surface area contributed by atoms with E-state index >= 15 is 0 Å². The van der Waals surface area contributed by atoms with Crippen LogP contribution in [0, 0.1) is 10.8 Å². The third-order valence-corrected chi connectivity index (χ3v) is 2.77. The quantitative estimate of drug-likeness (QED) is 0.613. The highest BCUT2D eigenvalue weighted by molar-refractivity contribution is 4.84. The highest BCUT2D eigenvalue weighted by Gasteiger charge is 2.42. The summed E-state index contributed by atoms with van der Waals surface area (Å²) in [6.45, 7) is 9.40. The third kappa shape index (κ3) is 2.50. The van der Waals surface area contributed by atoms with Crippen molar-refractivity contribution in [3.05, 3.63) is 0 Å². The average Bonchev–Trinajstić information content (AvgIpc) is 2.18. The molecule has 4 nitrogen and oxygen atoms in total. The standard InChI is InChI=1S/C11H20O4/c1-10(2,3)9-14-6-11(7-15-9)4-12-8-13-5-11/h9H,4-8H2,1-3H3. The molecular formula is C11H20O4. The van der Waals surface area contributed by atoms with Crippen LogP contribution in [-0.2, 0) is 18.9 Å². The number of hydrogen-bond acceptors (Lipinski definition) is 4. The molecule has 0 bridgehead atoms. The Hall–Kier alpha value is -0.160. The zero-order valence-corrected chi connectivity index (χ0v) is 9.75. The largest absolute Gasteiger partial charge is 0.355 e. The van der Waals surface area contributed by atoms with E-state index in [4.69, 9.17) is 18.9 Å². The van der Waals surface area contributed by atoms with E-state index in [1.165, 1.54) is 0 Å². The van der Waals surface area contributed by atoms with Gasteiger partial charge in [0.25, 0.3) is 0 Å². The molecule has 4 heteroatoms. The fourth-order valence-electron chi connectivity index (χ4n) is 1.88. The van der Waals surface area contributed by atoms with Crippen molar-refractivity contribution < 1.29 is 18.9 Å². The van der Waals surface area contributed by atoms with E-state index in [0.29, 0.717) is 33.2 Å². The number of rotatable bonds is 0. The molecule has 0 aliphatic carbocycles. The van der Waals surface area contributed by atoms with Crippen LogP contribution >= 0.6 is 0 Å². The molecule has 2 fully saturated rings. The maximum Gasteiger partial charge on any atom is 0.162 e. The van der Waals surface area contributed by atoms with Crippen LogP contribution in [0.25, 0.3) is 0 Å². The molecule has 0 unspecified atom stereocenters. The summed E-state index contributed by atoms with van der Waals surface area (Å²) in [6.07, 6.45) is -0.120. The van der Waals surface area contributed by atoms with Gasteiger partial charge in [0.1, 0.15) is 6.79 Å². The molecule has 1 spiro atoms. The Morgan fingerprint density at radius 1 is 0.933 bits per heavy atom. The lowest BCUT2D eigenvalue weighted by Crippen LogP contribution is -2.52. The summed E-state index contributed by atoms with van der Waals surface area (Å²) >= 11 is 0. The first-order chi connectivity index (χ1) is 7.02. The highest BCUT2D eigenvalue weighted by atomic mass is 16.7. The molecule has 0 aromatic rings. The molecule has 2 heterocycles. The zero-order valence-electron chi connectivity index (χ0n) is 9.75. The van der Waals surface area contributed by atoms with Gasteiger partial charge in [0.15, 0.2) is 6.29 Å². The normalized spacial score (nSPS) is 28.2. The second-order valence-electron chi connectivity index (χ2n) is 5.63.